The number of para-hydroxylation sites is 1. The van der Waals surface area contributed by atoms with Crippen LogP contribution >= 0.6 is 11.6 Å². The average Bonchev–Trinajstić information content (AvgIpc) is 2.87. The number of aryl methyl sites for hydroxylation is 1. The van der Waals surface area contributed by atoms with Gasteiger partial charge >= 0.3 is 0 Å². The van der Waals surface area contributed by atoms with Gasteiger partial charge in [-0.1, -0.05) is 37.6 Å². The smallest absolute Gasteiger partial charge is 0.253 e. The van der Waals surface area contributed by atoms with Crippen LogP contribution in [0.15, 0.2) is 30.5 Å². The SMILES string of the molecule is Cc1nn(CC(C)(CC(C)C)NC(=O)c2cnc3c(F)cccc3c2)c(C)c1Cl. The average molecular weight is 417 g/mol. The fourth-order valence-electron chi connectivity index (χ4n) is 3.81. The predicted octanol–water partition coefficient (Wildman–Crippen LogP) is 5.08. The highest BCUT2D eigenvalue weighted by Gasteiger charge is 2.30. The second-order valence-electron chi connectivity index (χ2n) is 8.29. The molecule has 1 atom stereocenters. The minimum Gasteiger partial charge on any atom is -0.345 e. The fourth-order valence-corrected chi connectivity index (χ4v) is 3.95. The number of nitrogens with zero attached hydrogens (tertiary/aromatic N) is 3. The maximum absolute atomic E-state index is 13.9. The van der Waals surface area contributed by atoms with Crippen molar-refractivity contribution in [1.29, 1.82) is 0 Å². The molecule has 5 nitrogen and oxygen atoms in total. The second-order valence-corrected chi connectivity index (χ2v) is 8.67. The summed E-state index contributed by atoms with van der Waals surface area (Å²) in [5, 5.41) is 8.89. The van der Waals surface area contributed by atoms with E-state index in [0.717, 1.165) is 17.8 Å². The normalized spacial score (nSPS) is 13.7. The number of carbonyl (C=O) groups is 1. The standard InChI is InChI=1S/C22H26ClFN4O/c1-13(2)10-22(5,12-28-15(4)19(23)14(3)27-28)26-21(29)17-9-16-7-6-8-18(24)20(16)25-11-17/h6-9,11,13H,10,12H2,1-5H3,(H,26,29). The molecule has 29 heavy (non-hydrogen) atoms. The van der Waals surface area contributed by atoms with Crippen LogP contribution in [-0.4, -0.2) is 26.2 Å². The Morgan fingerprint density at radius 3 is 2.69 bits per heavy atom. The van der Waals surface area contributed by atoms with Crippen LogP contribution in [0.4, 0.5) is 4.39 Å². The number of amides is 1. The topological polar surface area (TPSA) is 59.8 Å². The molecule has 0 aliphatic carbocycles. The lowest BCUT2D eigenvalue weighted by Gasteiger charge is -2.33. The minimum atomic E-state index is -0.547. The molecule has 0 aliphatic heterocycles. The number of hydrogen-bond acceptors (Lipinski definition) is 3. The van der Waals surface area contributed by atoms with Crippen LogP contribution in [0.3, 0.4) is 0 Å². The molecule has 2 aromatic heterocycles. The first kappa shape index (κ1) is 21.2. The van der Waals surface area contributed by atoms with Crippen LogP contribution < -0.4 is 5.32 Å². The van der Waals surface area contributed by atoms with Gasteiger partial charge in [-0.15, -0.1) is 0 Å². The van der Waals surface area contributed by atoms with Gasteiger partial charge in [-0.2, -0.15) is 5.10 Å². The van der Waals surface area contributed by atoms with Crippen molar-refractivity contribution in [1.82, 2.24) is 20.1 Å². The van der Waals surface area contributed by atoms with Crippen molar-refractivity contribution in [2.24, 2.45) is 5.92 Å². The van der Waals surface area contributed by atoms with E-state index in [0.29, 0.717) is 28.4 Å². The Balaban J connectivity index is 1.89. The van der Waals surface area contributed by atoms with Crippen molar-refractivity contribution in [3.8, 4) is 0 Å². The largest absolute Gasteiger partial charge is 0.345 e. The van der Waals surface area contributed by atoms with Crippen LogP contribution in [0, 0.1) is 25.6 Å². The lowest BCUT2D eigenvalue weighted by atomic mass is 9.90. The predicted molar refractivity (Wildman–Crippen MR) is 114 cm³/mol. The highest BCUT2D eigenvalue weighted by atomic mass is 35.5. The zero-order valence-corrected chi connectivity index (χ0v) is 18.1. The summed E-state index contributed by atoms with van der Waals surface area (Å²) >= 11 is 6.29. The maximum atomic E-state index is 13.9. The molecule has 3 rings (SSSR count). The van der Waals surface area contributed by atoms with E-state index in [4.69, 9.17) is 11.6 Å². The van der Waals surface area contributed by atoms with Gasteiger partial charge in [-0.05, 0) is 45.2 Å². The summed E-state index contributed by atoms with van der Waals surface area (Å²) < 4.78 is 15.7. The molecule has 0 saturated heterocycles. The number of aromatic nitrogens is 3. The van der Waals surface area contributed by atoms with Gasteiger partial charge < -0.3 is 5.32 Å². The van der Waals surface area contributed by atoms with Gasteiger partial charge in [-0.3, -0.25) is 14.5 Å². The minimum absolute atomic E-state index is 0.251. The lowest BCUT2D eigenvalue weighted by Crippen LogP contribution is -2.50. The Morgan fingerprint density at radius 1 is 1.34 bits per heavy atom. The summed E-state index contributed by atoms with van der Waals surface area (Å²) in [5.41, 5.74) is 1.74. The molecule has 0 spiro atoms. The van der Waals surface area contributed by atoms with E-state index in [9.17, 15) is 9.18 Å². The molecule has 1 amide bonds. The first-order valence-electron chi connectivity index (χ1n) is 9.66. The number of fused-ring (bicyclic) bond motifs is 1. The van der Waals surface area contributed by atoms with Crippen LogP contribution in [0.2, 0.25) is 5.02 Å². The quantitative estimate of drug-likeness (QED) is 0.609. The van der Waals surface area contributed by atoms with E-state index in [1.165, 1.54) is 12.3 Å². The monoisotopic (exact) mass is 416 g/mol. The Kier molecular flexibility index (Phi) is 5.94. The van der Waals surface area contributed by atoms with Gasteiger partial charge in [0.25, 0.3) is 5.91 Å². The highest BCUT2D eigenvalue weighted by Crippen LogP contribution is 2.25. The first-order valence-corrected chi connectivity index (χ1v) is 10.0. The molecule has 154 valence electrons. The molecule has 3 aromatic rings. The van der Waals surface area contributed by atoms with Gasteiger partial charge in [0.2, 0.25) is 0 Å². The molecule has 0 radical (unpaired) electrons. The van der Waals surface area contributed by atoms with Gasteiger partial charge in [-0.25, -0.2) is 4.39 Å². The molecular formula is C22H26ClFN4O. The number of benzene rings is 1. The summed E-state index contributed by atoms with van der Waals surface area (Å²) in [4.78, 5) is 17.2. The van der Waals surface area contributed by atoms with Crippen molar-refractivity contribution in [3.63, 3.8) is 0 Å². The van der Waals surface area contributed by atoms with E-state index in [1.807, 2.05) is 25.5 Å². The lowest BCUT2D eigenvalue weighted by molar-refractivity contribution is 0.0879. The van der Waals surface area contributed by atoms with Crippen molar-refractivity contribution >= 4 is 28.4 Å². The van der Waals surface area contributed by atoms with E-state index in [2.05, 4.69) is 29.2 Å². The number of halogens is 2. The molecule has 0 fully saturated rings. The molecule has 0 saturated carbocycles. The number of nitrogens with one attached hydrogen (secondary N) is 1. The Labute approximate surface area is 175 Å². The molecule has 1 unspecified atom stereocenters. The Morgan fingerprint density at radius 2 is 2.07 bits per heavy atom. The van der Waals surface area contributed by atoms with Crippen LogP contribution in [0.5, 0.6) is 0 Å². The second kappa shape index (κ2) is 8.11. The summed E-state index contributed by atoms with van der Waals surface area (Å²) in [6, 6.07) is 6.37. The van der Waals surface area contributed by atoms with Gasteiger partial charge in [0, 0.05) is 11.6 Å². The van der Waals surface area contributed by atoms with Crippen molar-refractivity contribution in [2.45, 2.75) is 53.1 Å². The van der Waals surface area contributed by atoms with Gasteiger partial charge in [0.05, 0.1) is 34.1 Å². The maximum Gasteiger partial charge on any atom is 0.253 e. The summed E-state index contributed by atoms with van der Waals surface area (Å²) in [6.45, 7) is 10.5. The van der Waals surface area contributed by atoms with Crippen molar-refractivity contribution in [3.05, 3.63) is 58.3 Å². The van der Waals surface area contributed by atoms with Crippen LogP contribution in [-0.2, 0) is 6.54 Å². The van der Waals surface area contributed by atoms with E-state index in [1.54, 1.807) is 18.2 Å². The first-order chi connectivity index (χ1) is 13.6. The third kappa shape index (κ3) is 4.58. The van der Waals surface area contributed by atoms with Gasteiger partial charge in [0.1, 0.15) is 11.3 Å². The summed E-state index contributed by atoms with van der Waals surface area (Å²) in [6.07, 6.45) is 2.17. The molecule has 1 N–H and O–H groups in total. The molecule has 2 heterocycles. The number of hydrogen-bond donors (Lipinski definition) is 1. The number of pyridine rings is 1. The third-order valence-corrected chi connectivity index (χ3v) is 5.54. The van der Waals surface area contributed by atoms with E-state index >= 15 is 0 Å². The van der Waals surface area contributed by atoms with Crippen LogP contribution in [0.25, 0.3) is 10.9 Å². The fraction of sp³-hybridized carbons (Fsp3) is 0.409. The summed E-state index contributed by atoms with van der Waals surface area (Å²) in [5.74, 6) is -0.295. The highest BCUT2D eigenvalue weighted by molar-refractivity contribution is 6.31. The molecule has 0 bridgehead atoms. The van der Waals surface area contributed by atoms with E-state index < -0.39 is 11.4 Å². The molecular weight excluding hydrogens is 391 g/mol. The number of rotatable bonds is 6. The Bertz CT molecular complexity index is 1060. The number of carbonyl (C=O) groups excluding carboxylic acids is 1. The summed E-state index contributed by atoms with van der Waals surface area (Å²) in [7, 11) is 0. The van der Waals surface area contributed by atoms with E-state index in [-0.39, 0.29) is 11.4 Å². The zero-order chi connectivity index (χ0) is 21.3. The van der Waals surface area contributed by atoms with Crippen LogP contribution in [0.1, 0.15) is 48.9 Å². The van der Waals surface area contributed by atoms with Crippen molar-refractivity contribution in [2.75, 3.05) is 0 Å². The van der Waals surface area contributed by atoms with Gasteiger partial charge in [0.15, 0.2) is 0 Å². The molecule has 0 aliphatic rings. The Hall–Kier alpha value is -2.47. The molecule has 1 aromatic carbocycles. The third-order valence-electron chi connectivity index (χ3n) is 4.99. The zero-order valence-electron chi connectivity index (χ0n) is 17.4. The molecule has 7 heteroatoms. The van der Waals surface area contributed by atoms with Crippen molar-refractivity contribution < 1.29 is 9.18 Å².